The molecular formula is C29H42N6. The van der Waals surface area contributed by atoms with Gasteiger partial charge in [0.2, 0.25) is 5.95 Å². The number of likely N-dealkylation sites (tertiary alicyclic amines) is 1. The van der Waals surface area contributed by atoms with Gasteiger partial charge in [0, 0.05) is 42.6 Å². The van der Waals surface area contributed by atoms with Gasteiger partial charge in [-0.25, -0.2) is 9.97 Å². The molecule has 6 nitrogen and oxygen atoms in total. The summed E-state index contributed by atoms with van der Waals surface area (Å²) in [6, 6.07) is 10.3. The second kappa shape index (κ2) is 9.12. The Morgan fingerprint density at radius 3 is 2.63 bits per heavy atom. The molecule has 0 amide bonds. The molecule has 0 radical (unpaired) electrons. The van der Waals surface area contributed by atoms with E-state index in [1.54, 1.807) is 6.20 Å². The van der Waals surface area contributed by atoms with Gasteiger partial charge in [0.1, 0.15) is 0 Å². The molecular weight excluding hydrogens is 432 g/mol. The maximum absolute atomic E-state index is 4.76. The van der Waals surface area contributed by atoms with E-state index < -0.39 is 0 Å². The van der Waals surface area contributed by atoms with E-state index in [1.165, 1.54) is 38.8 Å². The van der Waals surface area contributed by atoms with Crippen LogP contribution in [0, 0.1) is 22.2 Å². The van der Waals surface area contributed by atoms with Crippen molar-refractivity contribution in [3.05, 3.63) is 48.8 Å². The van der Waals surface area contributed by atoms with Crippen molar-refractivity contribution in [2.45, 2.75) is 53.4 Å². The number of fused-ring (bicyclic) bond motifs is 1. The summed E-state index contributed by atoms with van der Waals surface area (Å²) < 4.78 is 0. The molecule has 2 unspecified atom stereocenters. The fraction of sp³-hybridized carbons (Fsp3) is 0.586. The van der Waals surface area contributed by atoms with Crippen LogP contribution in [0.3, 0.4) is 0 Å². The van der Waals surface area contributed by atoms with Gasteiger partial charge < -0.3 is 20.9 Å². The number of rotatable bonds is 10. The second-order valence-electron chi connectivity index (χ2n) is 11.9. The first-order valence-corrected chi connectivity index (χ1v) is 13.3. The van der Waals surface area contributed by atoms with Crippen molar-refractivity contribution in [3.63, 3.8) is 0 Å². The Bertz CT molecular complexity index is 1070. The van der Waals surface area contributed by atoms with E-state index in [-0.39, 0.29) is 0 Å². The van der Waals surface area contributed by atoms with Gasteiger partial charge >= 0.3 is 0 Å². The van der Waals surface area contributed by atoms with Crippen molar-refractivity contribution in [3.8, 4) is 0 Å². The molecule has 5 rings (SSSR count). The Kier molecular flexibility index (Phi) is 6.28. The highest BCUT2D eigenvalue weighted by molar-refractivity contribution is 5.63. The van der Waals surface area contributed by atoms with Gasteiger partial charge in [0.15, 0.2) is 0 Å². The molecule has 0 spiro atoms. The number of hydrogen-bond donors (Lipinski definition) is 3. The monoisotopic (exact) mass is 474 g/mol. The summed E-state index contributed by atoms with van der Waals surface area (Å²) in [5, 5.41) is 10.6. The third-order valence-electron chi connectivity index (χ3n) is 9.42. The quantitative estimate of drug-likeness (QED) is 0.407. The molecule has 2 aliphatic carbocycles. The number of aromatic nitrogens is 2. The summed E-state index contributed by atoms with van der Waals surface area (Å²) in [6.07, 6.45) is 7.11. The molecule has 188 valence electrons. The first-order chi connectivity index (χ1) is 16.7. The standard InChI is InChI=1S/C29H42N6/c1-21(32-20-29-25(28(29,4)5)11-13-27(29,2)3)24-12-14-31-26(34-24)33-23-10-8-9-22(19-23)30-15-18-35-16-6-7-17-35/h8-10,12,14,19,25,30,32H,1,6-7,11,13,15-18,20H2,2-5H3,(H,31,33,34). The molecule has 1 aliphatic heterocycles. The molecule has 3 N–H and O–H groups in total. The van der Waals surface area contributed by atoms with Crippen LogP contribution in [0.5, 0.6) is 0 Å². The Labute approximate surface area is 211 Å². The van der Waals surface area contributed by atoms with Crippen molar-refractivity contribution in [2.24, 2.45) is 22.2 Å². The largest absolute Gasteiger partial charge is 0.384 e. The highest BCUT2D eigenvalue weighted by atomic mass is 15.2. The van der Waals surface area contributed by atoms with Crippen LogP contribution in [0.4, 0.5) is 17.3 Å². The van der Waals surface area contributed by atoms with E-state index in [0.29, 0.717) is 22.2 Å². The Morgan fingerprint density at radius 1 is 1.11 bits per heavy atom. The first kappa shape index (κ1) is 24.1. The van der Waals surface area contributed by atoms with Gasteiger partial charge in [-0.15, -0.1) is 0 Å². The molecule has 2 aromatic rings. The molecule has 35 heavy (non-hydrogen) atoms. The molecule has 0 bridgehead atoms. The number of nitrogens with zero attached hydrogens (tertiary/aromatic N) is 3. The van der Waals surface area contributed by atoms with Crippen molar-refractivity contribution in [1.29, 1.82) is 0 Å². The highest BCUT2D eigenvalue weighted by Crippen LogP contribution is 2.82. The van der Waals surface area contributed by atoms with Crippen LogP contribution in [0.25, 0.3) is 5.70 Å². The number of nitrogens with one attached hydrogen (secondary N) is 3. The molecule has 2 atom stereocenters. The van der Waals surface area contributed by atoms with Gasteiger partial charge in [-0.05, 0) is 79.8 Å². The predicted molar refractivity (Wildman–Crippen MR) is 146 cm³/mol. The second-order valence-corrected chi connectivity index (χ2v) is 11.9. The van der Waals surface area contributed by atoms with E-state index >= 15 is 0 Å². The molecule has 1 saturated heterocycles. The SMILES string of the molecule is C=C(NCC12C(CCC1(C)C)C2(C)C)c1ccnc(Nc2cccc(NCCN3CCCC3)c2)n1. The lowest BCUT2D eigenvalue weighted by atomic mass is 9.71. The lowest BCUT2D eigenvalue weighted by molar-refractivity contribution is 0.150. The van der Waals surface area contributed by atoms with E-state index in [0.717, 1.165) is 48.3 Å². The van der Waals surface area contributed by atoms with Gasteiger partial charge in [-0.1, -0.05) is 40.3 Å². The third kappa shape index (κ3) is 4.42. The minimum absolute atomic E-state index is 0.333. The van der Waals surface area contributed by atoms with Crippen molar-refractivity contribution in [2.75, 3.05) is 43.4 Å². The molecule has 1 aromatic heterocycles. The van der Waals surface area contributed by atoms with Gasteiger partial charge in [-0.3, -0.25) is 0 Å². The summed E-state index contributed by atoms with van der Waals surface area (Å²) in [5.41, 5.74) is 4.85. The zero-order chi connectivity index (χ0) is 24.7. The maximum atomic E-state index is 4.76. The molecule has 3 fully saturated rings. The number of benzene rings is 1. The van der Waals surface area contributed by atoms with E-state index in [1.807, 2.05) is 12.1 Å². The van der Waals surface area contributed by atoms with E-state index in [9.17, 15) is 0 Å². The smallest absolute Gasteiger partial charge is 0.227 e. The zero-order valence-electron chi connectivity index (χ0n) is 22.0. The number of hydrogen-bond acceptors (Lipinski definition) is 6. The molecule has 2 heterocycles. The Balaban J connectivity index is 1.18. The van der Waals surface area contributed by atoms with Gasteiger partial charge in [0.05, 0.1) is 11.4 Å². The zero-order valence-corrected chi connectivity index (χ0v) is 22.0. The maximum Gasteiger partial charge on any atom is 0.227 e. The van der Waals surface area contributed by atoms with Crippen LogP contribution in [0.15, 0.2) is 43.1 Å². The topological polar surface area (TPSA) is 65.1 Å². The Hall–Kier alpha value is -2.60. The average Bonchev–Trinajstić information content (AvgIpc) is 3.17. The summed E-state index contributed by atoms with van der Waals surface area (Å²) in [7, 11) is 0. The van der Waals surface area contributed by atoms with Crippen LogP contribution in [0.2, 0.25) is 0 Å². The summed E-state index contributed by atoms with van der Waals surface area (Å²) in [4.78, 5) is 11.7. The first-order valence-electron chi connectivity index (χ1n) is 13.3. The van der Waals surface area contributed by atoms with E-state index in [2.05, 4.69) is 78.3 Å². The van der Waals surface area contributed by atoms with Crippen molar-refractivity contribution in [1.82, 2.24) is 20.2 Å². The fourth-order valence-corrected chi connectivity index (χ4v) is 7.36. The minimum Gasteiger partial charge on any atom is -0.384 e. The van der Waals surface area contributed by atoms with Crippen molar-refractivity contribution >= 4 is 23.0 Å². The highest BCUT2D eigenvalue weighted by Gasteiger charge is 2.78. The predicted octanol–water partition coefficient (Wildman–Crippen LogP) is 5.75. The number of anilines is 3. The van der Waals surface area contributed by atoms with Gasteiger partial charge in [0.25, 0.3) is 0 Å². The van der Waals surface area contributed by atoms with Crippen molar-refractivity contribution < 1.29 is 0 Å². The lowest BCUT2D eigenvalue weighted by Gasteiger charge is -2.36. The molecule has 2 saturated carbocycles. The lowest BCUT2D eigenvalue weighted by Crippen LogP contribution is -2.36. The van der Waals surface area contributed by atoms with Crippen LogP contribution in [0.1, 0.15) is 59.1 Å². The minimum atomic E-state index is 0.333. The van der Waals surface area contributed by atoms with Crippen LogP contribution >= 0.6 is 0 Å². The fourth-order valence-electron chi connectivity index (χ4n) is 7.36. The third-order valence-corrected chi connectivity index (χ3v) is 9.42. The molecule has 1 aromatic carbocycles. The normalized spacial score (nSPS) is 26.2. The summed E-state index contributed by atoms with van der Waals surface area (Å²) in [5.74, 6) is 1.38. The van der Waals surface area contributed by atoms with Crippen LogP contribution in [-0.2, 0) is 0 Å². The molecule has 6 heteroatoms. The molecule has 3 aliphatic rings. The van der Waals surface area contributed by atoms with Gasteiger partial charge in [-0.2, -0.15) is 0 Å². The summed E-state index contributed by atoms with van der Waals surface area (Å²) in [6.45, 7) is 19.5. The average molecular weight is 475 g/mol. The summed E-state index contributed by atoms with van der Waals surface area (Å²) >= 11 is 0. The van der Waals surface area contributed by atoms with E-state index in [4.69, 9.17) is 4.98 Å². The Morgan fingerprint density at radius 2 is 1.89 bits per heavy atom. The van der Waals surface area contributed by atoms with Crippen LogP contribution < -0.4 is 16.0 Å². The van der Waals surface area contributed by atoms with Crippen LogP contribution in [-0.4, -0.2) is 47.6 Å².